The molecule has 0 spiro atoms. The molecule has 0 bridgehead atoms. The lowest BCUT2D eigenvalue weighted by Crippen LogP contribution is -2.48. The SMILES string of the molecule is O=C(NC(CCO)Cc1ccccc1)NC(CCO)Cc1ccccc1. The fraction of sp³-hybridized carbons (Fsp3) is 0.381. The maximum absolute atomic E-state index is 12.4. The Hall–Kier alpha value is -2.37. The number of hydrogen-bond donors (Lipinski definition) is 4. The number of urea groups is 1. The molecular weight excluding hydrogens is 328 g/mol. The van der Waals surface area contributed by atoms with Crippen LogP contribution in [-0.2, 0) is 12.8 Å². The lowest BCUT2D eigenvalue weighted by molar-refractivity contribution is 0.219. The molecule has 0 fully saturated rings. The molecule has 26 heavy (non-hydrogen) atoms. The first kappa shape index (κ1) is 19.9. The zero-order chi connectivity index (χ0) is 18.6. The van der Waals surface area contributed by atoms with Crippen molar-refractivity contribution in [2.45, 2.75) is 37.8 Å². The van der Waals surface area contributed by atoms with Crippen LogP contribution in [0.1, 0.15) is 24.0 Å². The van der Waals surface area contributed by atoms with Gasteiger partial charge >= 0.3 is 6.03 Å². The van der Waals surface area contributed by atoms with E-state index in [1.165, 1.54) is 0 Å². The third kappa shape index (κ3) is 7.25. The van der Waals surface area contributed by atoms with Gasteiger partial charge in [0.25, 0.3) is 0 Å². The Morgan fingerprint density at radius 1 is 0.731 bits per heavy atom. The maximum Gasteiger partial charge on any atom is 0.315 e. The summed E-state index contributed by atoms with van der Waals surface area (Å²) in [7, 11) is 0. The smallest absolute Gasteiger partial charge is 0.315 e. The zero-order valence-corrected chi connectivity index (χ0v) is 15.0. The minimum absolute atomic E-state index is 0.0157. The van der Waals surface area contributed by atoms with Crippen LogP contribution in [0.2, 0.25) is 0 Å². The van der Waals surface area contributed by atoms with Gasteiger partial charge in [-0.2, -0.15) is 0 Å². The molecule has 0 radical (unpaired) electrons. The van der Waals surface area contributed by atoms with Gasteiger partial charge in [-0.05, 0) is 36.8 Å². The predicted molar refractivity (Wildman–Crippen MR) is 103 cm³/mol. The molecule has 2 amide bonds. The van der Waals surface area contributed by atoms with Crippen LogP contribution in [0.25, 0.3) is 0 Å². The number of rotatable bonds is 10. The summed E-state index contributed by atoms with van der Waals surface area (Å²) in [5.74, 6) is 0. The monoisotopic (exact) mass is 356 g/mol. The van der Waals surface area contributed by atoms with Crippen LogP contribution in [0.4, 0.5) is 4.79 Å². The average Bonchev–Trinajstić information content (AvgIpc) is 2.63. The summed E-state index contributed by atoms with van der Waals surface area (Å²) in [4.78, 5) is 12.4. The van der Waals surface area contributed by atoms with Gasteiger partial charge in [-0.25, -0.2) is 4.79 Å². The Morgan fingerprint density at radius 2 is 1.12 bits per heavy atom. The van der Waals surface area contributed by atoms with Crippen molar-refractivity contribution in [2.75, 3.05) is 13.2 Å². The topological polar surface area (TPSA) is 81.6 Å². The maximum atomic E-state index is 12.4. The number of amides is 2. The fourth-order valence-corrected chi connectivity index (χ4v) is 2.97. The van der Waals surface area contributed by atoms with E-state index in [1.807, 2.05) is 60.7 Å². The highest BCUT2D eigenvalue weighted by molar-refractivity contribution is 5.74. The number of carbonyl (C=O) groups excluding carboxylic acids is 1. The molecule has 0 aliphatic rings. The number of aliphatic hydroxyl groups excluding tert-OH is 2. The third-order valence-corrected chi connectivity index (χ3v) is 4.28. The number of hydrogen-bond acceptors (Lipinski definition) is 3. The average molecular weight is 356 g/mol. The third-order valence-electron chi connectivity index (χ3n) is 4.28. The van der Waals surface area contributed by atoms with Gasteiger partial charge in [0, 0.05) is 25.3 Å². The lowest BCUT2D eigenvalue weighted by atomic mass is 10.0. The molecule has 0 saturated carbocycles. The van der Waals surface area contributed by atoms with Crippen LogP contribution < -0.4 is 10.6 Å². The normalized spacial score (nSPS) is 13.0. The fourth-order valence-electron chi connectivity index (χ4n) is 2.97. The van der Waals surface area contributed by atoms with E-state index >= 15 is 0 Å². The Labute approximate surface area is 155 Å². The van der Waals surface area contributed by atoms with E-state index in [-0.39, 0.29) is 31.3 Å². The lowest BCUT2D eigenvalue weighted by Gasteiger charge is -2.22. The highest BCUT2D eigenvalue weighted by Crippen LogP contribution is 2.08. The molecule has 5 heteroatoms. The molecule has 4 N–H and O–H groups in total. The van der Waals surface area contributed by atoms with Crippen LogP contribution in [0.15, 0.2) is 60.7 Å². The molecule has 0 aromatic heterocycles. The van der Waals surface area contributed by atoms with Crippen molar-refractivity contribution in [3.8, 4) is 0 Å². The van der Waals surface area contributed by atoms with Crippen molar-refractivity contribution in [2.24, 2.45) is 0 Å². The van der Waals surface area contributed by atoms with Crippen LogP contribution in [0.5, 0.6) is 0 Å². The van der Waals surface area contributed by atoms with Crippen molar-refractivity contribution in [1.29, 1.82) is 0 Å². The summed E-state index contributed by atoms with van der Waals surface area (Å²) >= 11 is 0. The second kappa shape index (κ2) is 11.3. The molecule has 0 heterocycles. The van der Waals surface area contributed by atoms with E-state index in [0.29, 0.717) is 25.7 Å². The van der Waals surface area contributed by atoms with Crippen LogP contribution in [0.3, 0.4) is 0 Å². The molecule has 2 aromatic rings. The first-order valence-electron chi connectivity index (χ1n) is 9.08. The number of aliphatic hydroxyl groups is 2. The quantitative estimate of drug-likeness (QED) is 0.527. The Bertz CT molecular complexity index is 579. The van der Waals surface area contributed by atoms with E-state index in [4.69, 9.17) is 0 Å². The predicted octanol–water partition coefficient (Wildman–Crippen LogP) is 2.27. The minimum atomic E-state index is -0.270. The summed E-state index contributed by atoms with van der Waals surface area (Å²) in [5, 5.41) is 24.5. The highest BCUT2D eigenvalue weighted by Gasteiger charge is 2.16. The van der Waals surface area contributed by atoms with Gasteiger partial charge in [-0.1, -0.05) is 60.7 Å². The Kier molecular flexibility index (Phi) is 8.66. The molecule has 0 aliphatic heterocycles. The van der Waals surface area contributed by atoms with Crippen molar-refractivity contribution < 1.29 is 15.0 Å². The van der Waals surface area contributed by atoms with Gasteiger partial charge in [0.05, 0.1) is 0 Å². The van der Waals surface area contributed by atoms with E-state index in [1.54, 1.807) is 0 Å². The number of nitrogens with one attached hydrogen (secondary N) is 2. The van der Waals surface area contributed by atoms with Gasteiger partial charge in [0.15, 0.2) is 0 Å². The van der Waals surface area contributed by atoms with Crippen molar-refractivity contribution in [3.05, 3.63) is 71.8 Å². The van der Waals surface area contributed by atoms with Crippen molar-refractivity contribution >= 4 is 6.03 Å². The first-order chi connectivity index (χ1) is 12.7. The van der Waals surface area contributed by atoms with Crippen molar-refractivity contribution in [3.63, 3.8) is 0 Å². The van der Waals surface area contributed by atoms with Gasteiger partial charge < -0.3 is 20.8 Å². The summed E-state index contributed by atoms with van der Waals surface area (Å²) < 4.78 is 0. The molecule has 2 atom stereocenters. The second-order valence-corrected chi connectivity index (χ2v) is 6.42. The molecule has 2 rings (SSSR count). The number of carbonyl (C=O) groups is 1. The summed E-state index contributed by atoms with van der Waals surface area (Å²) in [6, 6.07) is 19.2. The van der Waals surface area contributed by atoms with Crippen molar-refractivity contribution in [1.82, 2.24) is 10.6 Å². The van der Waals surface area contributed by atoms with E-state index < -0.39 is 0 Å². The van der Waals surface area contributed by atoms with Gasteiger partial charge in [-0.3, -0.25) is 0 Å². The Morgan fingerprint density at radius 3 is 1.46 bits per heavy atom. The summed E-state index contributed by atoms with van der Waals surface area (Å²) in [6.07, 6.45) is 2.31. The van der Waals surface area contributed by atoms with E-state index in [0.717, 1.165) is 11.1 Å². The van der Waals surface area contributed by atoms with Gasteiger partial charge in [0.1, 0.15) is 0 Å². The zero-order valence-electron chi connectivity index (χ0n) is 15.0. The molecule has 5 nitrogen and oxygen atoms in total. The second-order valence-electron chi connectivity index (χ2n) is 6.42. The van der Waals surface area contributed by atoms with Crippen LogP contribution in [-0.4, -0.2) is 41.5 Å². The van der Waals surface area contributed by atoms with Crippen LogP contribution >= 0.6 is 0 Å². The largest absolute Gasteiger partial charge is 0.396 e. The molecular formula is C21H28N2O3. The van der Waals surface area contributed by atoms with Gasteiger partial charge in [-0.15, -0.1) is 0 Å². The first-order valence-corrected chi connectivity index (χ1v) is 9.08. The summed E-state index contributed by atoms with van der Waals surface area (Å²) in [6.45, 7) is 0.0315. The molecule has 0 saturated heterocycles. The highest BCUT2D eigenvalue weighted by atomic mass is 16.3. The standard InChI is InChI=1S/C21H28N2O3/c24-13-11-19(15-17-7-3-1-4-8-17)22-21(26)23-20(12-14-25)16-18-9-5-2-6-10-18/h1-10,19-20,24-25H,11-16H2,(H2,22,23,26). The molecule has 0 aliphatic carbocycles. The Balaban J connectivity index is 1.91. The van der Waals surface area contributed by atoms with E-state index in [2.05, 4.69) is 10.6 Å². The van der Waals surface area contributed by atoms with Gasteiger partial charge in [0.2, 0.25) is 0 Å². The molecule has 2 unspecified atom stereocenters. The van der Waals surface area contributed by atoms with E-state index in [9.17, 15) is 15.0 Å². The minimum Gasteiger partial charge on any atom is -0.396 e. The number of benzene rings is 2. The summed E-state index contributed by atoms with van der Waals surface area (Å²) in [5.41, 5.74) is 2.23. The molecule has 2 aromatic carbocycles. The molecule has 140 valence electrons. The van der Waals surface area contributed by atoms with Crippen LogP contribution in [0, 0.1) is 0 Å².